The first kappa shape index (κ1) is 11.1. The Kier molecular flexibility index (Phi) is 2.86. The Hall–Kier alpha value is -0.970. The molecule has 2 heterocycles. The van der Waals surface area contributed by atoms with Gasteiger partial charge >= 0.3 is 0 Å². The number of likely N-dealkylation sites (tertiary alicyclic amines) is 1. The number of hydrogen-bond donors (Lipinski definition) is 1. The van der Waals surface area contributed by atoms with E-state index in [2.05, 4.69) is 11.0 Å². The average Bonchev–Trinajstić information content (AvgIpc) is 2.64. The van der Waals surface area contributed by atoms with E-state index < -0.39 is 0 Å². The average molecular weight is 251 g/mol. The zero-order chi connectivity index (χ0) is 11.8. The van der Waals surface area contributed by atoms with Gasteiger partial charge in [0.2, 0.25) is 0 Å². The molecule has 0 spiro atoms. The molecule has 2 nitrogen and oxygen atoms in total. The second-order valence-electron chi connectivity index (χ2n) is 4.64. The lowest BCUT2D eigenvalue weighted by Crippen LogP contribution is -2.47. The Morgan fingerprint density at radius 2 is 2.18 bits per heavy atom. The number of aliphatic hydroxyl groups excluding tert-OH is 1. The molecule has 4 heteroatoms. The summed E-state index contributed by atoms with van der Waals surface area (Å²) in [5.41, 5.74) is 0. The summed E-state index contributed by atoms with van der Waals surface area (Å²) in [6.07, 6.45) is 0. The monoisotopic (exact) mass is 251 g/mol. The molecular weight excluding hydrogens is 237 g/mol. The molecule has 1 N–H and O–H groups in total. The zero-order valence-corrected chi connectivity index (χ0v) is 10.2. The molecule has 0 atom stereocenters. The second kappa shape index (κ2) is 4.37. The van der Waals surface area contributed by atoms with Gasteiger partial charge in [0.25, 0.3) is 0 Å². The normalized spacial score (nSPS) is 17.5. The quantitative estimate of drug-likeness (QED) is 0.906. The van der Waals surface area contributed by atoms with Gasteiger partial charge in [-0.05, 0) is 23.6 Å². The van der Waals surface area contributed by atoms with Crippen molar-refractivity contribution in [3.05, 3.63) is 35.0 Å². The number of hydrogen-bond acceptors (Lipinski definition) is 3. The van der Waals surface area contributed by atoms with Gasteiger partial charge in [-0.3, -0.25) is 4.90 Å². The van der Waals surface area contributed by atoms with E-state index in [1.807, 2.05) is 6.07 Å². The molecule has 0 amide bonds. The van der Waals surface area contributed by atoms with Gasteiger partial charge in [0.15, 0.2) is 0 Å². The minimum Gasteiger partial charge on any atom is -0.396 e. The van der Waals surface area contributed by atoms with Crippen LogP contribution in [0.3, 0.4) is 0 Å². The van der Waals surface area contributed by atoms with E-state index in [0.29, 0.717) is 5.92 Å². The molecule has 0 bridgehead atoms. The highest BCUT2D eigenvalue weighted by Crippen LogP contribution is 2.29. The largest absolute Gasteiger partial charge is 0.396 e. The van der Waals surface area contributed by atoms with E-state index in [-0.39, 0.29) is 12.4 Å². The SMILES string of the molecule is OCC1CN(Cc2cc3ccc(F)cc3s2)C1. The maximum atomic E-state index is 13.1. The maximum absolute atomic E-state index is 13.1. The molecule has 0 aliphatic carbocycles. The van der Waals surface area contributed by atoms with Crippen LogP contribution in [-0.4, -0.2) is 29.7 Å². The van der Waals surface area contributed by atoms with Crippen molar-refractivity contribution >= 4 is 21.4 Å². The number of nitrogens with zero attached hydrogens (tertiary/aromatic N) is 1. The van der Waals surface area contributed by atoms with Crippen LogP contribution in [0.25, 0.3) is 10.1 Å². The predicted octanol–water partition coefficient (Wildman–Crippen LogP) is 2.46. The molecule has 1 aromatic heterocycles. The summed E-state index contributed by atoms with van der Waals surface area (Å²) in [6, 6.07) is 7.06. The lowest BCUT2D eigenvalue weighted by molar-refractivity contribution is 0.0487. The van der Waals surface area contributed by atoms with Crippen LogP contribution in [-0.2, 0) is 6.54 Å². The minimum absolute atomic E-state index is 0.171. The van der Waals surface area contributed by atoms with Gasteiger partial charge in [0.1, 0.15) is 5.82 Å². The number of fused-ring (bicyclic) bond motifs is 1. The Balaban J connectivity index is 1.73. The van der Waals surface area contributed by atoms with E-state index in [9.17, 15) is 4.39 Å². The summed E-state index contributed by atoms with van der Waals surface area (Å²) in [7, 11) is 0. The van der Waals surface area contributed by atoms with E-state index in [4.69, 9.17) is 5.11 Å². The van der Waals surface area contributed by atoms with Gasteiger partial charge < -0.3 is 5.11 Å². The van der Waals surface area contributed by atoms with Crippen molar-refractivity contribution in [1.29, 1.82) is 0 Å². The van der Waals surface area contributed by atoms with E-state index in [0.717, 1.165) is 29.7 Å². The van der Waals surface area contributed by atoms with Crippen molar-refractivity contribution in [2.45, 2.75) is 6.54 Å². The summed E-state index contributed by atoms with van der Waals surface area (Å²) in [5.74, 6) is 0.275. The minimum atomic E-state index is -0.171. The molecule has 0 radical (unpaired) electrons. The first-order valence-electron chi connectivity index (χ1n) is 5.76. The number of aliphatic hydroxyl groups is 1. The number of thiophene rings is 1. The molecule has 1 fully saturated rings. The van der Waals surface area contributed by atoms with Crippen LogP contribution in [0.1, 0.15) is 4.88 Å². The van der Waals surface area contributed by atoms with Crippen LogP contribution in [0, 0.1) is 11.7 Å². The Morgan fingerprint density at radius 3 is 2.94 bits per heavy atom. The molecule has 2 aromatic rings. The van der Waals surface area contributed by atoms with Crippen LogP contribution in [0.5, 0.6) is 0 Å². The topological polar surface area (TPSA) is 23.5 Å². The lowest BCUT2D eigenvalue weighted by Gasteiger charge is -2.37. The van der Waals surface area contributed by atoms with Gasteiger partial charge in [0.05, 0.1) is 0 Å². The summed E-state index contributed by atoms with van der Waals surface area (Å²) in [6.45, 7) is 3.14. The van der Waals surface area contributed by atoms with Gasteiger partial charge in [-0.1, -0.05) is 6.07 Å². The number of halogens is 1. The van der Waals surface area contributed by atoms with Crippen LogP contribution in [0.4, 0.5) is 4.39 Å². The third-order valence-electron chi connectivity index (χ3n) is 3.20. The first-order chi connectivity index (χ1) is 8.24. The first-order valence-corrected chi connectivity index (χ1v) is 6.57. The van der Waals surface area contributed by atoms with Crippen molar-refractivity contribution in [3.8, 4) is 0 Å². The highest BCUT2D eigenvalue weighted by molar-refractivity contribution is 7.19. The van der Waals surface area contributed by atoms with Crippen LogP contribution >= 0.6 is 11.3 Å². The van der Waals surface area contributed by atoms with Crippen molar-refractivity contribution in [3.63, 3.8) is 0 Å². The lowest BCUT2D eigenvalue weighted by atomic mass is 10.0. The van der Waals surface area contributed by atoms with Crippen molar-refractivity contribution in [2.75, 3.05) is 19.7 Å². The maximum Gasteiger partial charge on any atom is 0.124 e. The highest BCUT2D eigenvalue weighted by Gasteiger charge is 2.25. The van der Waals surface area contributed by atoms with Crippen LogP contribution in [0.2, 0.25) is 0 Å². The molecule has 0 saturated carbocycles. The van der Waals surface area contributed by atoms with Gasteiger partial charge in [-0.15, -0.1) is 11.3 Å². The molecule has 90 valence electrons. The third kappa shape index (κ3) is 2.20. The molecule has 3 rings (SSSR count). The van der Waals surface area contributed by atoms with Crippen molar-refractivity contribution < 1.29 is 9.50 Å². The fraction of sp³-hybridized carbons (Fsp3) is 0.385. The molecule has 1 aliphatic rings. The fourth-order valence-electron chi connectivity index (χ4n) is 2.28. The Morgan fingerprint density at radius 1 is 1.35 bits per heavy atom. The molecular formula is C13H14FNOS. The van der Waals surface area contributed by atoms with Crippen molar-refractivity contribution in [2.24, 2.45) is 5.92 Å². The van der Waals surface area contributed by atoms with Crippen LogP contribution < -0.4 is 0 Å². The van der Waals surface area contributed by atoms with E-state index in [1.165, 1.54) is 10.9 Å². The summed E-state index contributed by atoms with van der Waals surface area (Å²) >= 11 is 1.65. The van der Waals surface area contributed by atoms with E-state index >= 15 is 0 Å². The number of benzene rings is 1. The van der Waals surface area contributed by atoms with E-state index in [1.54, 1.807) is 17.4 Å². The van der Waals surface area contributed by atoms with Gasteiger partial charge in [-0.2, -0.15) is 0 Å². The molecule has 0 unspecified atom stereocenters. The molecule has 17 heavy (non-hydrogen) atoms. The smallest absolute Gasteiger partial charge is 0.124 e. The Labute approximate surface area is 103 Å². The van der Waals surface area contributed by atoms with Crippen molar-refractivity contribution in [1.82, 2.24) is 4.90 Å². The highest BCUT2D eigenvalue weighted by atomic mass is 32.1. The zero-order valence-electron chi connectivity index (χ0n) is 9.40. The predicted molar refractivity (Wildman–Crippen MR) is 67.6 cm³/mol. The Bertz CT molecular complexity index is 533. The second-order valence-corrected chi connectivity index (χ2v) is 5.81. The summed E-state index contributed by atoms with van der Waals surface area (Å²) in [5, 5.41) is 10.1. The van der Waals surface area contributed by atoms with Gasteiger partial charge in [-0.25, -0.2) is 4.39 Å². The summed E-state index contributed by atoms with van der Waals surface area (Å²) in [4.78, 5) is 3.57. The van der Waals surface area contributed by atoms with Crippen LogP contribution in [0.15, 0.2) is 24.3 Å². The summed E-state index contributed by atoms with van der Waals surface area (Å²) < 4.78 is 14.1. The molecule has 1 saturated heterocycles. The standard InChI is InChI=1S/C13H14FNOS/c14-11-2-1-10-3-12(17-13(10)4-11)7-15-5-9(6-15)8-16/h1-4,9,16H,5-8H2. The molecule has 1 aliphatic heterocycles. The molecule has 1 aromatic carbocycles. The number of rotatable bonds is 3. The van der Waals surface area contributed by atoms with Gasteiger partial charge in [0, 0.05) is 41.7 Å². The third-order valence-corrected chi connectivity index (χ3v) is 4.29. The fourth-order valence-corrected chi connectivity index (χ4v) is 3.41.